The van der Waals surface area contributed by atoms with Gasteiger partial charge < -0.3 is 15.8 Å². The Morgan fingerprint density at radius 2 is 2.22 bits per heavy atom. The van der Waals surface area contributed by atoms with Gasteiger partial charge in [0.15, 0.2) is 11.6 Å². The number of nitrogen functional groups attached to an aromatic ring is 1. The van der Waals surface area contributed by atoms with Crippen LogP contribution < -0.4 is 15.8 Å². The maximum Gasteiger partial charge on any atom is 0.167 e. The number of halogens is 1. The lowest BCUT2D eigenvalue weighted by molar-refractivity contribution is 0.231. The molecule has 1 aliphatic rings. The van der Waals surface area contributed by atoms with Gasteiger partial charge in [-0.3, -0.25) is 0 Å². The van der Waals surface area contributed by atoms with E-state index in [1.54, 1.807) is 6.07 Å². The molecule has 0 spiro atoms. The first kappa shape index (κ1) is 13.0. The third-order valence-electron chi connectivity index (χ3n) is 3.25. The summed E-state index contributed by atoms with van der Waals surface area (Å²) in [6.07, 6.45) is 2.27. The van der Waals surface area contributed by atoms with Crippen molar-refractivity contribution in [1.29, 1.82) is 0 Å². The summed E-state index contributed by atoms with van der Waals surface area (Å²) in [4.78, 5) is 0. The Bertz CT molecular complexity index is 434. The van der Waals surface area contributed by atoms with Crippen LogP contribution in [0.2, 0.25) is 0 Å². The molecule has 0 aliphatic heterocycles. The molecule has 0 amide bonds. The van der Waals surface area contributed by atoms with Gasteiger partial charge in [-0.2, -0.15) is 0 Å². The molecule has 0 radical (unpaired) electrons. The molecule has 3 nitrogen and oxygen atoms in total. The van der Waals surface area contributed by atoms with E-state index in [1.165, 1.54) is 6.07 Å². The number of anilines is 2. The average Bonchev–Trinajstić information content (AvgIpc) is 3.03. The van der Waals surface area contributed by atoms with Crippen molar-refractivity contribution in [2.45, 2.75) is 45.8 Å². The van der Waals surface area contributed by atoms with E-state index in [0.717, 1.165) is 18.5 Å². The minimum atomic E-state index is -0.408. The van der Waals surface area contributed by atoms with Gasteiger partial charge in [0.05, 0.1) is 17.5 Å². The van der Waals surface area contributed by atoms with Crippen LogP contribution in [0.25, 0.3) is 0 Å². The zero-order valence-corrected chi connectivity index (χ0v) is 11.2. The monoisotopic (exact) mass is 252 g/mol. The molecule has 0 saturated heterocycles. The number of nitrogens with one attached hydrogen (secondary N) is 1. The van der Waals surface area contributed by atoms with E-state index in [2.05, 4.69) is 12.2 Å². The molecule has 4 heteroatoms. The molecule has 0 aromatic heterocycles. The van der Waals surface area contributed by atoms with Crippen molar-refractivity contribution in [1.82, 2.24) is 0 Å². The van der Waals surface area contributed by atoms with Crippen molar-refractivity contribution in [3.63, 3.8) is 0 Å². The minimum absolute atomic E-state index is 0.0553. The molecule has 2 rings (SSSR count). The van der Waals surface area contributed by atoms with Gasteiger partial charge in [-0.25, -0.2) is 4.39 Å². The van der Waals surface area contributed by atoms with E-state index in [-0.39, 0.29) is 11.9 Å². The van der Waals surface area contributed by atoms with Crippen molar-refractivity contribution in [2.24, 2.45) is 5.92 Å². The Morgan fingerprint density at radius 3 is 2.78 bits per heavy atom. The van der Waals surface area contributed by atoms with Crippen molar-refractivity contribution >= 4 is 11.4 Å². The maximum absolute atomic E-state index is 13.7. The molecular weight excluding hydrogens is 231 g/mol. The van der Waals surface area contributed by atoms with Gasteiger partial charge in [0, 0.05) is 18.2 Å². The Balaban J connectivity index is 2.14. The van der Waals surface area contributed by atoms with Gasteiger partial charge >= 0.3 is 0 Å². The van der Waals surface area contributed by atoms with Gasteiger partial charge in [0.1, 0.15) is 0 Å². The van der Waals surface area contributed by atoms with E-state index < -0.39 is 5.82 Å². The number of ether oxygens (including phenoxy) is 1. The quantitative estimate of drug-likeness (QED) is 0.789. The smallest absolute Gasteiger partial charge is 0.167 e. The van der Waals surface area contributed by atoms with Crippen LogP contribution in [0.15, 0.2) is 12.1 Å². The van der Waals surface area contributed by atoms with E-state index in [0.29, 0.717) is 17.6 Å². The number of nitrogens with two attached hydrogens (primary N) is 1. The van der Waals surface area contributed by atoms with E-state index >= 15 is 0 Å². The Labute approximate surface area is 108 Å². The molecule has 3 N–H and O–H groups in total. The predicted molar refractivity (Wildman–Crippen MR) is 72.4 cm³/mol. The normalized spacial score (nSPS) is 22.1. The summed E-state index contributed by atoms with van der Waals surface area (Å²) in [5.41, 5.74) is 7.03. The fourth-order valence-electron chi connectivity index (χ4n) is 2.11. The topological polar surface area (TPSA) is 47.3 Å². The zero-order valence-electron chi connectivity index (χ0n) is 11.2. The third kappa shape index (κ3) is 2.86. The predicted octanol–water partition coefficient (Wildman–Crippen LogP) is 3.41. The Hall–Kier alpha value is -1.45. The molecule has 0 heterocycles. The maximum atomic E-state index is 13.7. The summed E-state index contributed by atoms with van der Waals surface area (Å²) < 4.78 is 19.1. The highest BCUT2D eigenvalue weighted by Gasteiger charge is 2.35. The van der Waals surface area contributed by atoms with Crippen molar-refractivity contribution in [3.05, 3.63) is 17.9 Å². The summed E-state index contributed by atoms with van der Waals surface area (Å²) in [7, 11) is 0. The van der Waals surface area contributed by atoms with E-state index in [4.69, 9.17) is 10.5 Å². The lowest BCUT2D eigenvalue weighted by Gasteiger charge is -2.15. The first-order valence-corrected chi connectivity index (χ1v) is 6.53. The zero-order chi connectivity index (χ0) is 13.3. The van der Waals surface area contributed by atoms with Crippen molar-refractivity contribution < 1.29 is 9.13 Å². The third-order valence-corrected chi connectivity index (χ3v) is 3.25. The fourth-order valence-corrected chi connectivity index (χ4v) is 2.11. The highest BCUT2D eigenvalue weighted by molar-refractivity contribution is 5.69. The van der Waals surface area contributed by atoms with Crippen LogP contribution in [0.1, 0.15) is 33.6 Å². The van der Waals surface area contributed by atoms with Crippen LogP contribution >= 0.6 is 0 Å². The summed E-state index contributed by atoms with van der Waals surface area (Å²) in [5.74, 6) is 0.564. The summed E-state index contributed by atoms with van der Waals surface area (Å²) in [5, 5.41) is 3.35. The molecule has 1 saturated carbocycles. The molecule has 18 heavy (non-hydrogen) atoms. The minimum Gasteiger partial charge on any atom is -0.488 e. The number of rotatable bonds is 5. The first-order chi connectivity index (χ1) is 8.51. The highest BCUT2D eigenvalue weighted by Crippen LogP contribution is 2.38. The average molecular weight is 252 g/mol. The Kier molecular flexibility index (Phi) is 3.64. The van der Waals surface area contributed by atoms with Gasteiger partial charge in [-0.05, 0) is 26.2 Å². The number of hydrogen-bond acceptors (Lipinski definition) is 3. The van der Waals surface area contributed by atoms with E-state index in [9.17, 15) is 4.39 Å². The number of benzene rings is 1. The van der Waals surface area contributed by atoms with Crippen LogP contribution in [0.4, 0.5) is 15.8 Å². The summed E-state index contributed by atoms with van der Waals surface area (Å²) in [6, 6.07) is 3.45. The molecule has 1 fully saturated rings. The van der Waals surface area contributed by atoms with Crippen LogP contribution in [-0.4, -0.2) is 12.1 Å². The van der Waals surface area contributed by atoms with Gasteiger partial charge in [0.25, 0.3) is 0 Å². The molecule has 1 aromatic carbocycles. The van der Waals surface area contributed by atoms with Gasteiger partial charge in [-0.15, -0.1) is 0 Å². The first-order valence-electron chi connectivity index (χ1n) is 6.53. The Morgan fingerprint density at radius 1 is 1.50 bits per heavy atom. The van der Waals surface area contributed by atoms with Crippen LogP contribution in [0.5, 0.6) is 5.75 Å². The standard InChI is InChI=1S/C14H21FN2O/c1-4-9-5-12(9)17-13-7-14(18-8(2)3)10(15)6-11(13)16/h6-9,12,17H,4-5,16H2,1-3H3. The molecular formula is C14H21FN2O. The molecule has 1 aliphatic carbocycles. The largest absolute Gasteiger partial charge is 0.488 e. The molecule has 1 aromatic rings. The fraction of sp³-hybridized carbons (Fsp3) is 0.571. The summed E-state index contributed by atoms with van der Waals surface area (Å²) >= 11 is 0. The van der Waals surface area contributed by atoms with Gasteiger partial charge in [0.2, 0.25) is 0 Å². The van der Waals surface area contributed by atoms with Crippen molar-refractivity contribution in [3.8, 4) is 5.75 Å². The van der Waals surface area contributed by atoms with Crippen LogP contribution in [0.3, 0.4) is 0 Å². The van der Waals surface area contributed by atoms with Crippen molar-refractivity contribution in [2.75, 3.05) is 11.1 Å². The second kappa shape index (κ2) is 5.04. The number of hydrogen-bond donors (Lipinski definition) is 2. The van der Waals surface area contributed by atoms with E-state index in [1.807, 2.05) is 13.8 Å². The lowest BCUT2D eigenvalue weighted by atomic mass is 10.2. The lowest BCUT2D eigenvalue weighted by Crippen LogP contribution is -2.10. The SMILES string of the molecule is CCC1CC1Nc1cc(OC(C)C)c(F)cc1N. The van der Waals surface area contributed by atoms with Gasteiger partial charge in [-0.1, -0.05) is 13.3 Å². The van der Waals surface area contributed by atoms with Crippen LogP contribution in [0, 0.1) is 11.7 Å². The molecule has 2 unspecified atom stereocenters. The molecule has 100 valence electrons. The second-order valence-electron chi connectivity index (χ2n) is 5.19. The molecule has 0 bridgehead atoms. The molecule has 2 atom stereocenters. The highest BCUT2D eigenvalue weighted by atomic mass is 19.1. The van der Waals surface area contributed by atoms with Crippen LogP contribution in [-0.2, 0) is 0 Å². The second-order valence-corrected chi connectivity index (χ2v) is 5.19. The summed E-state index contributed by atoms with van der Waals surface area (Å²) in [6.45, 7) is 5.92.